The van der Waals surface area contributed by atoms with Crippen molar-refractivity contribution in [1.29, 1.82) is 0 Å². The van der Waals surface area contributed by atoms with E-state index in [1.807, 2.05) is 0 Å². The fourth-order valence-corrected chi connectivity index (χ4v) is 2.58. The van der Waals surface area contributed by atoms with Gasteiger partial charge in [-0.05, 0) is 30.3 Å². The van der Waals surface area contributed by atoms with Gasteiger partial charge in [-0.1, -0.05) is 0 Å². The van der Waals surface area contributed by atoms with Crippen molar-refractivity contribution in [3.05, 3.63) is 53.6 Å². The number of fused-ring (bicyclic) bond motifs is 1. The maximum atomic E-state index is 14.2. The number of benzene rings is 2. The predicted octanol–water partition coefficient (Wildman–Crippen LogP) is 3.90. The number of aromatic nitrogens is 1. The van der Waals surface area contributed by atoms with Gasteiger partial charge in [0.2, 0.25) is 0 Å². The first kappa shape index (κ1) is 16.6. The number of halogens is 2. The van der Waals surface area contributed by atoms with E-state index in [4.69, 9.17) is 9.47 Å². The maximum absolute atomic E-state index is 14.2. The summed E-state index contributed by atoms with van der Waals surface area (Å²) in [5.41, 5.74) is 0.102. The molecule has 0 fully saturated rings. The highest BCUT2D eigenvalue weighted by molar-refractivity contribution is 6.04. The van der Waals surface area contributed by atoms with Gasteiger partial charge in [0.25, 0.3) is 0 Å². The van der Waals surface area contributed by atoms with Crippen molar-refractivity contribution < 1.29 is 28.2 Å². The van der Waals surface area contributed by atoms with Crippen molar-refractivity contribution in [1.82, 2.24) is 4.98 Å². The van der Waals surface area contributed by atoms with Crippen LogP contribution in [-0.2, 0) is 0 Å². The highest BCUT2D eigenvalue weighted by atomic mass is 19.1. The van der Waals surface area contributed by atoms with Gasteiger partial charge in [0.05, 0.1) is 25.5 Å². The first-order valence-electron chi connectivity index (χ1n) is 7.20. The molecule has 128 valence electrons. The number of carboxylic acid groups (broad SMARTS) is 1. The van der Waals surface area contributed by atoms with Gasteiger partial charge in [-0.3, -0.25) is 0 Å². The number of nitrogens with zero attached hydrogens (tertiary/aromatic N) is 1. The molecule has 5 nitrogen and oxygen atoms in total. The van der Waals surface area contributed by atoms with Crippen LogP contribution in [0.2, 0.25) is 0 Å². The number of aromatic carboxylic acids is 1. The lowest BCUT2D eigenvalue weighted by atomic mass is 10.0. The van der Waals surface area contributed by atoms with E-state index in [1.165, 1.54) is 20.3 Å². The molecule has 0 aliphatic carbocycles. The highest BCUT2D eigenvalue weighted by Crippen LogP contribution is 2.35. The molecule has 1 aromatic heterocycles. The van der Waals surface area contributed by atoms with Crippen LogP contribution in [0.15, 0.2) is 36.4 Å². The second kappa shape index (κ2) is 6.35. The summed E-state index contributed by atoms with van der Waals surface area (Å²) in [6, 6.07) is 7.74. The van der Waals surface area contributed by atoms with E-state index in [-0.39, 0.29) is 22.2 Å². The molecular weight excluding hydrogens is 332 g/mol. The quantitative estimate of drug-likeness (QED) is 0.777. The molecule has 0 saturated carbocycles. The number of carbonyl (C=O) groups is 1. The minimum Gasteiger partial charge on any atom is -0.497 e. The van der Waals surface area contributed by atoms with Gasteiger partial charge in [0.1, 0.15) is 22.8 Å². The molecule has 0 saturated heterocycles. The lowest BCUT2D eigenvalue weighted by Crippen LogP contribution is -2.03. The van der Waals surface area contributed by atoms with Gasteiger partial charge in [-0.2, -0.15) is 0 Å². The first-order valence-corrected chi connectivity index (χ1v) is 7.20. The number of pyridine rings is 1. The van der Waals surface area contributed by atoms with Crippen molar-refractivity contribution in [3.63, 3.8) is 0 Å². The van der Waals surface area contributed by atoms with E-state index in [2.05, 4.69) is 4.98 Å². The van der Waals surface area contributed by atoms with Crippen molar-refractivity contribution in [3.8, 4) is 22.8 Å². The molecule has 25 heavy (non-hydrogen) atoms. The average Bonchev–Trinajstić information content (AvgIpc) is 2.60. The molecule has 0 aliphatic heterocycles. The summed E-state index contributed by atoms with van der Waals surface area (Å²) >= 11 is 0. The Balaban J connectivity index is 2.37. The Labute approximate surface area is 141 Å². The van der Waals surface area contributed by atoms with Crippen LogP contribution in [0.1, 0.15) is 10.4 Å². The number of methoxy groups -OCH3 is 2. The molecule has 0 bridgehead atoms. The summed E-state index contributed by atoms with van der Waals surface area (Å²) in [6.45, 7) is 0. The molecule has 0 atom stereocenters. The Morgan fingerprint density at radius 1 is 1.08 bits per heavy atom. The van der Waals surface area contributed by atoms with Gasteiger partial charge in [0.15, 0.2) is 5.82 Å². The molecule has 2 aromatic carbocycles. The van der Waals surface area contributed by atoms with Crippen LogP contribution in [0.3, 0.4) is 0 Å². The van der Waals surface area contributed by atoms with Crippen LogP contribution in [0.4, 0.5) is 8.78 Å². The minimum atomic E-state index is -1.32. The molecule has 3 aromatic rings. The zero-order valence-electron chi connectivity index (χ0n) is 13.3. The Morgan fingerprint density at radius 3 is 2.48 bits per heavy atom. The zero-order chi connectivity index (χ0) is 18.1. The van der Waals surface area contributed by atoms with Gasteiger partial charge >= 0.3 is 5.97 Å². The summed E-state index contributed by atoms with van der Waals surface area (Å²) < 4.78 is 38.1. The summed E-state index contributed by atoms with van der Waals surface area (Å²) in [4.78, 5) is 15.7. The van der Waals surface area contributed by atoms with Gasteiger partial charge in [-0.25, -0.2) is 18.6 Å². The topological polar surface area (TPSA) is 68.7 Å². The van der Waals surface area contributed by atoms with Gasteiger partial charge in [0, 0.05) is 17.0 Å². The molecule has 0 spiro atoms. The van der Waals surface area contributed by atoms with Gasteiger partial charge < -0.3 is 14.6 Å². The molecule has 0 unspecified atom stereocenters. The van der Waals surface area contributed by atoms with Crippen LogP contribution < -0.4 is 9.47 Å². The van der Waals surface area contributed by atoms with Crippen LogP contribution in [0, 0.1) is 11.6 Å². The Kier molecular flexibility index (Phi) is 4.22. The molecule has 0 amide bonds. The summed E-state index contributed by atoms with van der Waals surface area (Å²) in [6.07, 6.45) is 0. The summed E-state index contributed by atoms with van der Waals surface area (Å²) in [5.74, 6) is -2.23. The molecule has 1 heterocycles. The second-order valence-electron chi connectivity index (χ2n) is 5.21. The van der Waals surface area contributed by atoms with Crippen LogP contribution in [0.25, 0.3) is 22.2 Å². The monoisotopic (exact) mass is 345 g/mol. The van der Waals surface area contributed by atoms with Crippen LogP contribution >= 0.6 is 0 Å². The molecule has 3 rings (SSSR count). The van der Waals surface area contributed by atoms with E-state index in [1.54, 1.807) is 18.2 Å². The van der Waals surface area contributed by atoms with Crippen LogP contribution in [-0.4, -0.2) is 30.3 Å². The molecular formula is C18H13F2NO4. The third kappa shape index (κ3) is 2.96. The first-order chi connectivity index (χ1) is 11.9. The van der Waals surface area contributed by atoms with Crippen molar-refractivity contribution in [2.24, 2.45) is 0 Å². The Hall–Kier alpha value is -3.22. The Bertz CT molecular complexity index is 988. The van der Waals surface area contributed by atoms with E-state index in [0.29, 0.717) is 23.1 Å². The third-order valence-electron chi connectivity index (χ3n) is 3.74. The Morgan fingerprint density at radius 2 is 1.84 bits per heavy atom. The fourth-order valence-electron chi connectivity index (χ4n) is 2.58. The van der Waals surface area contributed by atoms with E-state index < -0.39 is 17.6 Å². The van der Waals surface area contributed by atoms with E-state index in [9.17, 15) is 18.7 Å². The third-order valence-corrected chi connectivity index (χ3v) is 3.74. The fraction of sp³-hybridized carbons (Fsp3) is 0.111. The van der Waals surface area contributed by atoms with Crippen molar-refractivity contribution >= 4 is 16.9 Å². The van der Waals surface area contributed by atoms with Gasteiger partial charge in [-0.15, -0.1) is 0 Å². The summed E-state index contributed by atoms with van der Waals surface area (Å²) in [7, 11) is 2.92. The molecule has 0 radical (unpaired) electrons. The van der Waals surface area contributed by atoms with E-state index >= 15 is 0 Å². The maximum Gasteiger partial charge on any atom is 0.336 e. The predicted molar refractivity (Wildman–Crippen MR) is 87.2 cm³/mol. The number of rotatable bonds is 4. The SMILES string of the molecule is COc1ccc(OC)c(-c2cc(C(=O)O)c3cc(F)cc(F)c3n2)c1. The highest BCUT2D eigenvalue weighted by Gasteiger charge is 2.19. The lowest BCUT2D eigenvalue weighted by Gasteiger charge is -2.12. The second-order valence-corrected chi connectivity index (χ2v) is 5.21. The molecule has 1 N–H and O–H groups in total. The van der Waals surface area contributed by atoms with Crippen molar-refractivity contribution in [2.45, 2.75) is 0 Å². The average molecular weight is 345 g/mol. The van der Waals surface area contributed by atoms with Crippen LogP contribution in [0.5, 0.6) is 11.5 Å². The van der Waals surface area contributed by atoms with E-state index in [0.717, 1.165) is 6.07 Å². The number of ether oxygens (including phenoxy) is 2. The molecule has 0 aliphatic rings. The lowest BCUT2D eigenvalue weighted by molar-refractivity contribution is 0.0699. The van der Waals surface area contributed by atoms with Crippen molar-refractivity contribution in [2.75, 3.05) is 14.2 Å². The summed E-state index contributed by atoms with van der Waals surface area (Å²) in [5, 5.41) is 9.32. The number of hydrogen-bond donors (Lipinski definition) is 1. The minimum absolute atomic E-state index is 0.115. The number of hydrogen-bond acceptors (Lipinski definition) is 4. The zero-order valence-corrected chi connectivity index (χ0v) is 13.3. The largest absolute Gasteiger partial charge is 0.497 e. The number of carboxylic acids is 1. The normalized spacial score (nSPS) is 10.7. The standard InChI is InChI=1S/C18H13F2NO4/c1-24-10-3-4-16(25-2)13(7-10)15-8-12(18(22)23)11-5-9(19)6-14(20)17(11)21-15/h3-8H,1-2H3,(H,22,23). The molecule has 7 heteroatoms. The smallest absolute Gasteiger partial charge is 0.336 e.